The molecule has 140 valence electrons. The van der Waals surface area contributed by atoms with Crippen LogP contribution in [0, 0.1) is 6.92 Å². The van der Waals surface area contributed by atoms with E-state index in [9.17, 15) is 9.59 Å². The molecular formula is C21H18N4O2S. The van der Waals surface area contributed by atoms with Crippen LogP contribution in [-0.4, -0.2) is 21.2 Å². The molecule has 0 saturated carbocycles. The largest absolute Gasteiger partial charge is 0.326 e. The number of aromatic nitrogens is 2. The standard InChI is InChI=1S/C21H18N4O2S/c1-13-19(20(27)23-17-10-6-9-16(11-17)22-14(2)26)28-21-24-18(12-25(13)21)15-7-4-3-5-8-15/h3-12H,1-2H3,(H,22,26)(H,23,27). The minimum atomic E-state index is -0.200. The van der Waals surface area contributed by atoms with Crippen molar-refractivity contribution in [3.63, 3.8) is 0 Å². The number of thiazole rings is 1. The molecule has 6 nitrogen and oxygen atoms in total. The SMILES string of the molecule is CC(=O)Nc1cccc(NC(=O)c2sc3nc(-c4ccccc4)cn3c2C)c1. The molecule has 0 aliphatic carbocycles. The zero-order chi connectivity index (χ0) is 19.7. The normalized spacial score (nSPS) is 10.8. The minimum Gasteiger partial charge on any atom is -0.326 e. The molecule has 0 radical (unpaired) electrons. The van der Waals surface area contributed by atoms with Gasteiger partial charge >= 0.3 is 0 Å². The lowest BCUT2D eigenvalue weighted by atomic mass is 10.2. The number of nitrogens with zero attached hydrogens (tertiary/aromatic N) is 2. The number of carbonyl (C=O) groups excluding carboxylic acids is 2. The first-order valence-corrected chi connectivity index (χ1v) is 9.56. The van der Waals surface area contributed by atoms with Crippen molar-refractivity contribution in [2.45, 2.75) is 13.8 Å². The first-order chi connectivity index (χ1) is 13.5. The van der Waals surface area contributed by atoms with Gasteiger partial charge in [0, 0.05) is 35.8 Å². The van der Waals surface area contributed by atoms with E-state index in [1.54, 1.807) is 24.3 Å². The summed E-state index contributed by atoms with van der Waals surface area (Å²) in [5.41, 5.74) is 4.01. The molecule has 0 atom stereocenters. The van der Waals surface area contributed by atoms with Gasteiger partial charge in [-0.25, -0.2) is 4.98 Å². The Morgan fingerprint density at radius 1 is 1.00 bits per heavy atom. The van der Waals surface area contributed by atoms with Crippen molar-refractivity contribution >= 4 is 39.5 Å². The number of hydrogen-bond donors (Lipinski definition) is 2. The van der Waals surface area contributed by atoms with E-state index in [2.05, 4.69) is 15.6 Å². The molecule has 2 heterocycles. The van der Waals surface area contributed by atoms with Crippen molar-refractivity contribution < 1.29 is 9.59 Å². The average molecular weight is 390 g/mol. The summed E-state index contributed by atoms with van der Waals surface area (Å²) in [5, 5.41) is 5.60. The number of aryl methyl sites for hydroxylation is 1. The molecule has 0 fully saturated rings. The van der Waals surface area contributed by atoms with Gasteiger partial charge < -0.3 is 10.6 Å². The van der Waals surface area contributed by atoms with Crippen molar-refractivity contribution in [1.82, 2.24) is 9.38 Å². The third-order valence-electron chi connectivity index (χ3n) is 4.27. The highest BCUT2D eigenvalue weighted by atomic mass is 32.1. The van der Waals surface area contributed by atoms with Gasteiger partial charge in [-0.1, -0.05) is 47.7 Å². The Morgan fingerprint density at radius 2 is 1.71 bits per heavy atom. The number of imidazole rings is 1. The number of hydrogen-bond acceptors (Lipinski definition) is 4. The van der Waals surface area contributed by atoms with E-state index in [-0.39, 0.29) is 11.8 Å². The summed E-state index contributed by atoms with van der Waals surface area (Å²) in [5.74, 6) is -0.359. The molecule has 4 aromatic rings. The minimum absolute atomic E-state index is 0.159. The van der Waals surface area contributed by atoms with Crippen LogP contribution in [0.2, 0.25) is 0 Å². The molecular weight excluding hydrogens is 372 g/mol. The second kappa shape index (κ2) is 7.28. The molecule has 2 aromatic heterocycles. The Bertz CT molecular complexity index is 1180. The van der Waals surface area contributed by atoms with Crippen LogP contribution in [0.5, 0.6) is 0 Å². The average Bonchev–Trinajstić information content (AvgIpc) is 3.22. The Morgan fingerprint density at radius 3 is 2.39 bits per heavy atom. The monoisotopic (exact) mass is 390 g/mol. The van der Waals surface area contributed by atoms with Crippen LogP contribution in [0.25, 0.3) is 16.2 Å². The van der Waals surface area contributed by atoms with Crippen molar-refractivity contribution in [3.05, 3.63) is 71.4 Å². The van der Waals surface area contributed by atoms with Crippen molar-refractivity contribution in [2.24, 2.45) is 0 Å². The first kappa shape index (κ1) is 17.9. The smallest absolute Gasteiger partial charge is 0.267 e. The second-order valence-corrected chi connectivity index (χ2v) is 7.35. The summed E-state index contributed by atoms with van der Waals surface area (Å²) in [6, 6.07) is 17.0. The fraction of sp³-hybridized carbons (Fsp3) is 0.0952. The number of amides is 2. The van der Waals surface area contributed by atoms with Crippen molar-refractivity contribution in [1.29, 1.82) is 0 Å². The Balaban J connectivity index is 1.59. The maximum absolute atomic E-state index is 12.8. The summed E-state index contributed by atoms with van der Waals surface area (Å²) < 4.78 is 1.94. The number of benzene rings is 2. The first-order valence-electron chi connectivity index (χ1n) is 8.74. The van der Waals surface area contributed by atoms with Crippen LogP contribution in [0.1, 0.15) is 22.3 Å². The number of nitrogens with one attached hydrogen (secondary N) is 2. The van der Waals surface area contributed by atoms with Crippen LogP contribution in [-0.2, 0) is 4.79 Å². The maximum Gasteiger partial charge on any atom is 0.267 e. The fourth-order valence-corrected chi connectivity index (χ4v) is 3.98. The van der Waals surface area contributed by atoms with E-state index in [1.807, 2.05) is 47.9 Å². The Kier molecular flexibility index (Phi) is 4.67. The van der Waals surface area contributed by atoms with Crippen LogP contribution in [0.4, 0.5) is 11.4 Å². The highest BCUT2D eigenvalue weighted by Crippen LogP contribution is 2.28. The van der Waals surface area contributed by atoms with Crippen LogP contribution in [0.3, 0.4) is 0 Å². The molecule has 0 unspecified atom stereocenters. The summed E-state index contributed by atoms with van der Waals surface area (Å²) in [6.45, 7) is 3.35. The van der Waals surface area contributed by atoms with E-state index in [4.69, 9.17) is 0 Å². The van der Waals surface area contributed by atoms with Gasteiger partial charge in [0.1, 0.15) is 4.88 Å². The zero-order valence-corrected chi connectivity index (χ0v) is 16.2. The number of fused-ring (bicyclic) bond motifs is 1. The van der Waals surface area contributed by atoms with Crippen molar-refractivity contribution in [3.8, 4) is 11.3 Å². The van der Waals surface area contributed by atoms with Crippen LogP contribution in [0.15, 0.2) is 60.8 Å². The lowest BCUT2D eigenvalue weighted by Gasteiger charge is -2.07. The van der Waals surface area contributed by atoms with Gasteiger partial charge in [-0.2, -0.15) is 0 Å². The Hall–Kier alpha value is -3.45. The summed E-state index contributed by atoms with van der Waals surface area (Å²) in [4.78, 5) is 30.0. The highest BCUT2D eigenvalue weighted by Gasteiger charge is 2.18. The van der Waals surface area contributed by atoms with E-state index in [0.29, 0.717) is 16.3 Å². The second-order valence-electron chi connectivity index (χ2n) is 6.38. The zero-order valence-electron chi connectivity index (χ0n) is 15.4. The molecule has 0 spiro atoms. The fourth-order valence-electron chi connectivity index (χ4n) is 2.97. The third kappa shape index (κ3) is 3.52. The maximum atomic E-state index is 12.8. The van der Waals surface area contributed by atoms with Gasteiger partial charge in [0.15, 0.2) is 4.96 Å². The van der Waals surface area contributed by atoms with E-state index in [0.717, 1.165) is 21.9 Å². The number of anilines is 2. The predicted molar refractivity (Wildman–Crippen MR) is 112 cm³/mol. The van der Waals surface area contributed by atoms with Gasteiger partial charge in [0.05, 0.1) is 5.69 Å². The molecule has 0 saturated heterocycles. The molecule has 2 amide bonds. The van der Waals surface area contributed by atoms with Crippen LogP contribution >= 0.6 is 11.3 Å². The Labute approximate surface area is 165 Å². The van der Waals surface area contributed by atoms with Gasteiger partial charge in [0.2, 0.25) is 5.91 Å². The highest BCUT2D eigenvalue weighted by molar-refractivity contribution is 7.19. The predicted octanol–water partition coefficient (Wildman–Crippen LogP) is 4.58. The molecule has 0 bridgehead atoms. The molecule has 4 rings (SSSR count). The van der Waals surface area contributed by atoms with Gasteiger partial charge in [-0.15, -0.1) is 0 Å². The quantitative estimate of drug-likeness (QED) is 0.535. The van der Waals surface area contributed by atoms with Gasteiger partial charge in [0.25, 0.3) is 5.91 Å². The molecule has 0 aliphatic heterocycles. The summed E-state index contributed by atoms with van der Waals surface area (Å²) in [6.07, 6.45) is 1.95. The van der Waals surface area contributed by atoms with E-state index >= 15 is 0 Å². The summed E-state index contributed by atoms with van der Waals surface area (Å²) >= 11 is 1.35. The van der Waals surface area contributed by atoms with Crippen LogP contribution < -0.4 is 10.6 Å². The lowest BCUT2D eigenvalue weighted by Crippen LogP contribution is -2.12. The number of carbonyl (C=O) groups is 2. The molecule has 2 aromatic carbocycles. The van der Waals surface area contributed by atoms with Gasteiger partial charge in [-0.3, -0.25) is 14.0 Å². The van der Waals surface area contributed by atoms with Gasteiger partial charge in [-0.05, 0) is 25.1 Å². The number of rotatable bonds is 4. The van der Waals surface area contributed by atoms with E-state index in [1.165, 1.54) is 18.3 Å². The molecule has 7 heteroatoms. The summed E-state index contributed by atoms with van der Waals surface area (Å²) in [7, 11) is 0. The topological polar surface area (TPSA) is 75.5 Å². The van der Waals surface area contributed by atoms with E-state index < -0.39 is 0 Å². The lowest BCUT2D eigenvalue weighted by molar-refractivity contribution is -0.114. The third-order valence-corrected chi connectivity index (χ3v) is 5.43. The van der Waals surface area contributed by atoms with Crippen molar-refractivity contribution in [2.75, 3.05) is 10.6 Å². The molecule has 28 heavy (non-hydrogen) atoms. The molecule has 2 N–H and O–H groups in total. The molecule has 0 aliphatic rings.